The van der Waals surface area contributed by atoms with E-state index < -0.39 is 23.8 Å². The third kappa shape index (κ3) is 7.10. The van der Waals surface area contributed by atoms with Crippen molar-refractivity contribution in [2.24, 2.45) is 16.5 Å². The number of carboxylic acids is 1. The van der Waals surface area contributed by atoms with Gasteiger partial charge in [-0.1, -0.05) is 23.7 Å². The lowest BCUT2D eigenvalue weighted by atomic mass is 10.0. The standard InChI is InChI=1S/C20H22ClN5O4/c1-11-5-13(7-14(21)6-11)16(9-18(28)29)26-17(27)10-24-19(30)12-3-2-4-15(8-12)25-20(22)23/h2-8,16H,9-10H2,1H3,(H,24,30)(H,26,27)(H,28,29)(H4,22,23,25). The van der Waals surface area contributed by atoms with E-state index in [9.17, 15) is 14.4 Å². The molecule has 0 radical (unpaired) electrons. The van der Waals surface area contributed by atoms with Crippen molar-refractivity contribution in [2.45, 2.75) is 19.4 Å². The SMILES string of the molecule is Cc1cc(Cl)cc(C(CC(=O)O)NC(=O)CNC(=O)c2cccc(N=C(N)N)c2)c1. The van der Waals surface area contributed by atoms with Gasteiger partial charge in [-0.05, 0) is 48.4 Å². The van der Waals surface area contributed by atoms with Crippen LogP contribution in [-0.4, -0.2) is 35.4 Å². The van der Waals surface area contributed by atoms with E-state index in [0.29, 0.717) is 16.3 Å². The van der Waals surface area contributed by atoms with Gasteiger partial charge in [-0.3, -0.25) is 14.4 Å². The number of nitrogens with two attached hydrogens (primary N) is 2. The van der Waals surface area contributed by atoms with Gasteiger partial charge in [0.15, 0.2) is 5.96 Å². The van der Waals surface area contributed by atoms with E-state index in [1.54, 1.807) is 36.4 Å². The number of aliphatic carboxylic acids is 1. The van der Waals surface area contributed by atoms with Crippen molar-refractivity contribution in [2.75, 3.05) is 6.54 Å². The predicted octanol–water partition coefficient (Wildman–Crippen LogP) is 1.62. The molecule has 0 heterocycles. The molecule has 2 aromatic carbocycles. The molecule has 10 heteroatoms. The molecule has 0 fully saturated rings. The van der Waals surface area contributed by atoms with Crippen LogP contribution < -0.4 is 22.1 Å². The van der Waals surface area contributed by atoms with Crippen LogP contribution in [-0.2, 0) is 9.59 Å². The molecule has 0 bridgehead atoms. The Kier molecular flexibility index (Phi) is 7.76. The summed E-state index contributed by atoms with van der Waals surface area (Å²) in [6.07, 6.45) is -0.333. The number of carbonyl (C=O) groups is 3. The summed E-state index contributed by atoms with van der Waals surface area (Å²) in [5, 5.41) is 14.7. The summed E-state index contributed by atoms with van der Waals surface area (Å²) in [5.74, 6) is -2.29. The van der Waals surface area contributed by atoms with Crippen molar-refractivity contribution in [3.05, 3.63) is 64.2 Å². The molecule has 30 heavy (non-hydrogen) atoms. The van der Waals surface area contributed by atoms with E-state index in [4.69, 9.17) is 28.2 Å². The Hall–Kier alpha value is -3.59. The van der Waals surface area contributed by atoms with Crippen LogP contribution >= 0.6 is 11.6 Å². The highest BCUT2D eigenvalue weighted by Gasteiger charge is 2.19. The number of carbonyl (C=O) groups excluding carboxylic acids is 2. The Balaban J connectivity index is 2.04. The molecule has 0 aliphatic rings. The van der Waals surface area contributed by atoms with Crippen LogP contribution in [0.3, 0.4) is 0 Å². The fourth-order valence-electron chi connectivity index (χ4n) is 2.77. The molecule has 2 aromatic rings. The number of halogens is 1. The second-order valence-corrected chi connectivity index (χ2v) is 6.99. The molecule has 2 amide bonds. The van der Waals surface area contributed by atoms with Crippen LogP contribution in [0.4, 0.5) is 5.69 Å². The van der Waals surface area contributed by atoms with Crippen molar-refractivity contribution in [3.8, 4) is 0 Å². The van der Waals surface area contributed by atoms with Gasteiger partial charge in [-0.25, -0.2) is 4.99 Å². The normalized spacial score (nSPS) is 11.3. The van der Waals surface area contributed by atoms with Crippen molar-refractivity contribution < 1.29 is 19.5 Å². The second-order valence-electron chi connectivity index (χ2n) is 6.55. The number of aliphatic imine (C=N–C) groups is 1. The molecule has 0 aliphatic carbocycles. The van der Waals surface area contributed by atoms with E-state index >= 15 is 0 Å². The number of nitrogens with one attached hydrogen (secondary N) is 2. The Bertz CT molecular complexity index is 969. The maximum atomic E-state index is 12.3. The number of rotatable bonds is 8. The topological polar surface area (TPSA) is 160 Å². The summed E-state index contributed by atoms with van der Waals surface area (Å²) in [7, 11) is 0. The van der Waals surface area contributed by atoms with Gasteiger partial charge in [0.1, 0.15) is 0 Å². The zero-order valence-corrected chi connectivity index (χ0v) is 16.9. The Morgan fingerprint density at radius 2 is 1.90 bits per heavy atom. The summed E-state index contributed by atoms with van der Waals surface area (Å²) in [6, 6.07) is 10.5. The summed E-state index contributed by atoms with van der Waals surface area (Å²) in [6.45, 7) is 1.47. The zero-order valence-electron chi connectivity index (χ0n) is 16.2. The fraction of sp³-hybridized carbons (Fsp3) is 0.200. The lowest BCUT2D eigenvalue weighted by molar-refractivity contribution is -0.137. The molecular weight excluding hydrogens is 410 g/mol. The minimum absolute atomic E-state index is 0.146. The molecule has 1 unspecified atom stereocenters. The quantitative estimate of drug-likeness (QED) is 0.315. The van der Waals surface area contributed by atoms with Crippen LogP contribution in [0, 0.1) is 6.92 Å². The van der Waals surface area contributed by atoms with Crippen LogP contribution in [0.1, 0.15) is 33.9 Å². The molecule has 0 spiro atoms. The number of hydrogen-bond acceptors (Lipinski definition) is 4. The van der Waals surface area contributed by atoms with Gasteiger partial charge < -0.3 is 27.2 Å². The average molecular weight is 432 g/mol. The number of hydrogen-bond donors (Lipinski definition) is 5. The molecule has 0 saturated heterocycles. The van der Waals surface area contributed by atoms with Crippen LogP contribution in [0.2, 0.25) is 5.02 Å². The fourth-order valence-corrected chi connectivity index (χ4v) is 3.06. The number of guanidine groups is 1. The lowest BCUT2D eigenvalue weighted by Crippen LogP contribution is -2.39. The first-order valence-electron chi connectivity index (χ1n) is 8.90. The highest BCUT2D eigenvalue weighted by Crippen LogP contribution is 2.23. The molecule has 7 N–H and O–H groups in total. The molecule has 9 nitrogen and oxygen atoms in total. The summed E-state index contributed by atoms with van der Waals surface area (Å²) < 4.78 is 0. The van der Waals surface area contributed by atoms with Crippen molar-refractivity contribution in [1.29, 1.82) is 0 Å². The number of carboxylic acid groups (broad SMARTS) is 1. The average Bonchev–Trinajstić information content (AvgIpc) is 2.64. The van der Waals surface area contributed by atoms with E-state index in [-0.39, 0.29) is 24.5 Å². The zero-order chi connectivity index (χ0) is 22.3. The van der Waals surface area contributed by atoms with Crippen molar-refractivity contribution >= 4 is 41.0 Å². The monoisotopic (exact) mass is 431 g/mol. The van der Waals surface area contributed by atoms with Gasteiger partial charge in [0.05, 0.1) is 24.7 Å². The first kappa shape index (κ1) is 22.7. The number of nitrogens with zero attached hydrogens (tertiary/aromatic N) is 1. The number of aryl methyl sites for hydroxylation is 1. The highest BCUT2D eigenvalue weighted by atomic mass is 35.5. The van der Waals surface area contributed by atoms with Crippen LogP contribution in [0.5, 0.6) is 0 Å². The van der Waals surface area contributed by atoms with Gasteiger partial charge >= 0.3 is 5.97 Å². The summed E-state index contributed by atoms with van der Waals surface area (Å²) >= 11 is 6.04. The molecule has 1 atom stereocenters. The molecule has 0 aliphatic heterocycles. The second kappa shape index (κ2) is 10.3. The molecule has 158 valence electrons. The van der Waals surface area contributed by atoms with Gasteiger partial charge in [0.25, 0.3) is 5.91 Å². The third-order valence-corrected chi connectivity index (χ3v) is 4.18. The van der Waals surface area contributed by atoms with E-state index in [1.165, 1.54) is 6.07 Å². The minimum Gasteiger partial charge on any atom is -0.481 e. The predicted molar refractivity (Wildman–Crippen MR) is 114 cm³/mol. The van der Waals surface area contributed by atoms with Gasteiger partial charge in [0.2, 0.25) is 5.91 Å². The van der Waals surface area contributed by atoms with Crippen molar-refractivity contribution in [1.82, 2.24) is 10.6 Å². The van der Waals surface area contributed by atoms with Gasteiger partial charge in [-0.2, -0.15) is 0 Å². The molecule has 0 saturated carbocycles. The number of benzene rings is 2. The minimum atomic E-state index is -1.08. The molecule has 2 rings (SSSR count). The van der Waals surface area contributed by atoms with Gasteiger partial charge in [0, 0.05) is 10.6 Å². The van der Waals surface area contributed by atoms with E-state index in [0.717, 1.165) is 5.56 Å². The largest absolute Gasteiger partial charge is 0.481 e. The maximum absolute atomic E-state index is 12.3. The summed E-state index contributed by atoms with van der Waals surface area (Å²) in [5.41, 5.74) is 12.7. The molecular formula is C20H22ClN5O4. The van der Waals surface area contributed by atoms with Gasteiger partial charge in [-0.15, -0.1) is 0 Å². The Morgan fingerprint density at radius 3 is 2.53 bits per heavy atom. The third-order valence-electron chi connectivity index (χ3n) is 3.96. The summed E-state index contributed by atoms with van der Waals surface area (Å²) in [4.78, 5) is 39.7. The smallest absolute Gasteiger partial charge is 0.305 e. The lowest BCUT2D eigenvalue weighted by Gasteiger charge is -2.18. The van der Waals surface area contributed by atoms with E-state index in [1.807, 2.05) is 6.92 Å². The first-order valence-corrected chi connectivity index (χ1v) is 9.28. The van der Waals surface area contributed by atoms with Crippen LogP contribution in [0.15, 0.2) is 47.5 Å². The van der Waals surface area contributed by atoms with E-state index in [2.05, 4.69) is 15.6 Å². The molecule has 0 aromatic heterocycles. The Labute approximate surface area is 178 Å². The number of amides is 2. The van der Waals surface area contributed by atoms with Crippen LogP contribution in [0.25, 0.3) is 0 Å². The first-order chi connectivity index (χ1) is 14.1. The maximum Gasteiger partial charge on any atom is 0.305 e. The Morgan fingerprint density at radius 1 is 1.17 bits per heavy atom. The highest BCUT2D eigenvalue weighted by molar-refractivity contribution is 6.30. The van der Waals surface area contributed by atoms with Crippen molar-refractivity contribution in [3.63, 3.8) is 0 Å².